The average molecular weight is 501 g/mol. The van der Waals surface area contributed by atoms with Gasteiger partial charge in [0.2, 0.25) is 5.60 Å². The zero-order valence-corrected chi connectivity index (χ0v) is 19.5. The SMILES string of the molecule is CCCCC1(OC2O[C@H](C(=O)O)[C@@H](O)[C@H](O)[C@H]2O)C(=O)N(c2ccccc2)N(c2ccccc2)C1=O. The van der Waals surface area contributed by atoms with Crippen LogP contribution in [0.4, 0.5) is 11.4 Å². The first kappa shape index (κ1) is 25.7. The number of anilines is 2. The lowest BCUT2D eigenvalue weighted by atomic mass is 9.93. The zero-order valence-electron chi connectivity index (χ0n) is 19.5. The first-order valence-electron chi connectivity index (χ1n) is 11.6. The van der Waals surface area contributed by atoms with Crippen molar-refractivity contribution in [3.8, 4) is 0 Å². The van der Waals surface area contributed by atoms with E-state index in [0.29, 0.717) is 24.2 Å². The van der Waals surface area contributed by atoms with E-state index in [0.717, 1.165) is 0 Å². The number of carboxylic acids is 1. The molecule has 11 heteroatoms. The van der Waals surface area contributed by atoms with E-state index in [2.05, 4.69) is 0 Å². The Bertz CT molecular complexity index is 1040. The summed E-state index contributed by atoms with van der Waals surface area (Å²) in [6.07, 6.45) is -8.78. The molecule has 11 nitrogen and oxygen atoms in total. The van der Waals surface area contributed by atoms with Gasteiger partial charge in [-0.1, -0.05) is 49.7 Å². The molecule has 0 aromatic heterocycles. The van der Waals surface area contributed by atoms with Crippen LogP contribution in [0.5, 0.6) is 0 Å². The number of unbranched alkanes of at least 4 members (excludes halogenated alkanes) is 1. The monoisotopic (exact) mass is 500 g/mol. The Morgan fingerprint density at radius 1 is 0.889 bits per heavy atom. The van der Waals surface area contributed by atoms with Gasteiger partial charge in [0.1, 0.15) is 18.3 Å². The van der Waals surface area contributed by atoms with E-state index in [4.69, 9.17) is 9.47 Å². The van der Waals surface area contributed by atoms with Crippen molar-refractivity contribution in [2.24, 2.45) is 0 Å². The molecule has 2 amide bonds. The average Bonchev–Trinajstić information content (AvgIpc) is 3.10. The second kappa shape index (κ2) is 10.3. The molecule has 2 fully saturated rings. The van der Waals surface area contributed by atoms with Gasteiger partial charge in [-0.3, -0.25) is 9.59 Å². The van der Waals surface area contributed by atoms with Crippen molar-refractivity contribution in [1.29, 1.82) is 0 Å². The van der Waals surface area contributed by atoms with Crippen molar-refractivity contribution < 1.29 is 44.3 Å². The maximum atomic E-state index is 14.0. The highest BCUT2D eigenvalue weighted by atomic mass is 16.7. The molecular formula is C25H28N2O9. The topological polar surface area (TPSA) is 157 Å². The third kappa shape index (κ3) is 4.36. The van der Waals surface area contributed by atoms with Crippen LogP contribution in [0.2, 0.25) is 0 Å². The summed E-state index contributed by atoms with van der Waals surface area (Å²) in [5.41, 5.74) is -1.44. The Morgan fingerprint density at radius 2 is 1.39 bits per heavy atom. The van der Waals surface area contributed by atoms with Crippen LogP contribution in [-0.2, 0) is 23.9 Å². The minimum absolute atomic E-state index is 0.100. The van der Waals surface area contributed by atoms with Gasteiger partial charge in [0, 0.05) is 0 Å². The number of para-hydroxylation sites is 2. The largest absolute Gasteiger partial charge is 0.479 e. The summed E-state index contributed by atoms with van der Waals surface area (Å²) in [6, 6.07) is 16.9. The van der Waals surface area contributed by atoms with Gasteiger partial charge in [0.15, 0.2) is 12.4 Å². The maximum Gasteiger partial charge on any atom is 0.335 e. The van der Waals surface area contributed by atoms with E-state index in [1.54, 1.807) is 60.7 Å². The third-order valence-corrected chi connectivity index (χ3v) is 6.29. The van der Waals surface area contributed by atoms with Gasteiger partial charge in [0.05, 0.1) is 11.4 Å². The maximum absolute atomic E-state index is 14.0. The van der Waals surface area contributed by atoms with Crippen LogP contribution in [0, 0.1) is 0 Å². The van der Waals surface area contributed by atoms with E-state index in [-0.39, 0.29) is 6.42 Å². The van der Waals surface area contributed by atoms with Gasteiger partial charge in [-0.05, 0) is 37.1 Å². The molecule has 0 bridgehead atoms. The molecule has 2 heterocycles. The predicted molar refractivity (Wildman–Crippen MR) is 126 cm³/mol. The number of hydrazine groups is 1. The van der Waals surface area contributed by atoms with Crippen LogP contribution in [-0.4, -0.2) is 74.5 Å². The van der Waals surface area contributed by atoms with Crippen molar-refractivity contribution in [3.05, 3.63) is 60.7 Å². The number of rotatable bonds is 8. The quantitative estimate of drug-likeness (QED) is 0.385. The van der Waals surface area contributed by atoms with Crippen LogP contribution in [0.25, 0.3) is 0 Å². The number of aliphatic carboxylic acids is 1. The molecule has 0 aliphatic carbocycles. The number of aliphatic hydroxyl groups excluding tert-OH is 3. The fourth-order valence-corrected chi connectivity index (χ4v) is 4.37. The van der Waals surface area contributed by atoms with Crippen LogP contribution in [0.1, 0.15) is 26.2 Å². The van der Waals surface area contributed by atoms with Crippen molar-refractivity contribution in [2.45, 2.75) is 62.5 Å². The molecule has 2 aromatic rings. The number of benzene rings is 2. The van der Waals surface area contributed by atoms with Gasteiger partial charge in [0.25, 0.3) is 11.8 Å². The first-order valence-corrected chi connectivity index (χ1v) is 11.6. The number of amides is 2. The lowest BCUT2D eigenvalue weighted by Gasteiger charge is -2.41. The molecule has 192 valence electrons. The second-order valence-electron chi connectivity index (χ2n) is 8.69. The standard InChI is InChI=1S/C25H28N2O9/c1-2-3-14-25(36-22-19(30)17(28)18(29)20(35-22)21(31)32)23(33)26(15-10-6-4-7-11-15)27(24(25)34)16-12-8-5-9-13-16/h4-13,17-20,22,28-30H,2-3,14H2,1H3,(H,31,32)/t17-,18-,19+,20-,22?/m0/s1. The molecule has 0 saturated carbocycles. The number of aliphatic hydroxyl groups is 3. The summed E-state index contributed by atoms with van der Waals surface area (Å²) >= 11 is 0. The summed E-state index contributed by atoms with van der Waals surface area (Å²) in [5.74, 6) is -3.14. The number of carboxylic acid groups (broad SMARTS) is 1. The molecule has 36 heavy (non-hydrogen) atoms. The third-order valence-electron chi connectivity index (χ3n) is 6.29. The zero-order chi connectivity index (χ0) is 26.0. The molecule has 4 N–H and O–H groups in total. The van der Waals surface area contributed by atoms with E-state index in [1.165, 1.54) is 10.0 Å². The van der Waals surface area contributed by atoms with Crippen molar-refractivity contribution in [3.63, 3.8) is 0 Å². The van der Waals surface area contributed by atoms with E-state index in [9.17, 15) is 34.8 Å². The number of carbonyl (C=O) groups is 3. The molecule has 2 aliphatic rings. The van der Waals surface area contributed by atoms with Gasteiger partial charge in [-0.15, -0.1) is 0 Å². The van der Waals surface area contributed by atoms with Crippen LogP contribution in [0.3, 0.4) is 0 Å². The Labute approximate surface area is 207 Å². The molecule has 0 radical (unpaired) electrons. The highest BCUT2D eigenvalue weighted by molar-refractivity contribution is 6.28. The minimum Gasteiger partial charge on any atom is -0.479 e. The highest BCUT2D eigenvalue weighted by Gasteiger charge is 2.63. The normalized spacial score (nSPS) is 27.9. The van der Waals surface area contributed by atoms with Gasteiger partial charge in [-0.25, -0.2) is 14.8 Å². The molecule has 2 saturated heterocycles. The van der Waals surface area contributed by atoms with E-state index >= 15 is 0 Å². The number of carbonyl (C=O) groups excluding carboxylic acids is 2. The summed E-state index contributed by atoms with van der Waals surface area (Å²) in [4.78, 5) is 39.7. The summed E-state index contributed by atoms with van der Waals surface area (Å²) in [5, 5.41) is 42.6. The smallest absolute Gasteiger partial charge is 0.335 e. The van der Waals surface area contributed by atoms with Crippen molar-refractivity contribution >= 4 is 29.2 Å². The Morgan fingerprint density at radius 3 is 1.83 bits per heavy atom. The first-order chi connectivity index (χ1) is 17.2. The molecule has 2 aromatic carbocycles. The van der Waals surface area contributed by atoms with Gasteiger partial charge >= 0.3 is 5.97 Å². The Kier molecular flexibility index (Phi) is 7.38. The number of hydrogen-bond donors (Lipinski definition) is 4. The number of nitrogens with zero attached hydrogens (tertiary/aromatic N) is 2. The molecule has 4 rings (SSSR count). The minimum atomic E-state index is -2.20. The lowest BCUT2D eigenvalue weighted by Crippen LogP contribution is -2.63. The molecule has 5 atom stereocenters. The van der Waals surface area contributed by atoms with Crippen LogP contribution >= 0.6 is 0 Å². The fraction of sp³-hybridized carbons (Fsp3) is 0.400. The van der Waals surface area contributed by atoms with Crippen molar-refractivity contribution in [2.75, 3.05) is 10.0 Å². The summed E-state index contributed by atoms with van der Waals surface area (Å²) < 4.78 is 11.2. The predicted octanol–water partition coefficient (Wildman–Crippen LogP) is 0.819. The van der Waals surface area contributed by atoms with Crippen LogP contribution < -0.4 is 10.0 Å². The molecule has 2 aliphatic heterocycles. The molecule has 1 unspecified atom stereocenters. The molecule has 0 spiro atoms. The number of hydrogen-bond acceptors (Lipinski definition) is 8. The summed E-state index contributed by atoms with van der Waals surface area (Å²) in [6.45, 7) is 1.86. The highest BCUT2D eigenvalue weighted by Crippen LogP contribution is 2.40. The second-order valence-corrected chi connectivity index (χ2v) is 8.69. The van der Waals surface area contributed by atoms with E-state index < -0.39 is 54.1 Å². The lowest BCUT2D eigenvalue weighted by molar-refractivity contribution is -0.311. The van der Waals surface area contributed by atoms with Gasteiger partial charge < -0.3 is 29.9 Å². The fourth-order valence-electron chi connectivity index (χ4n) is 4.37. The van der Waals surface area contributed by atoms with Gasteiger partial charge in [-0.2, -0.15) is 0 Å². The van der Waals surface area contributed by atoms with Crippen molar-refractivity contribution in [1.82, 2.24) is 0 Å². The Hall–Kier alpha value is -3.35. The number of ether oxygens (including phenoxy) is 2. The van der Waals surface area contributed by atoms with Crippen LogP contribution in [0.15, 0.2) is 60.7 Å². The molecular weight excluding hydrogens is 472 g/mol. The van der Waals surface area contributed by atoms with E-state index in [1.807, 2.05) is 6.92 Å². The Balaban J connectivity index is 1.80. The summed E-state index contributed by atoms with van der Waals surface area (Å²) in [7, 11) is 0.